The summed E-state index contributed by atoms with van der Waals surface area (Å²) in [7, 11) is 1.63. The van der Waals surface area contributed by atoms with Gasteiger partial charge in [-0.15, -0.1) is 0 Å². The number of aryl methyl sites for hydroxylation is 1. The summed E-state index contributed by atoms with van der Waals surface area (Å²) in [6.45, 7) is -1.45. The fraction of sp³-hybridized carbons (Fsp3) is 0.400. The monoisotopic (exact) mass is 270 g/mol. The van der Waals surface area contributed by atoms with Crippen molar-refractivity contribution in [3.8, 4) is 0 Å². The molecule has 1 aromatic heterocycles. The fourth-order valence-corrected chi connectivity index (χ4v) is 1.48. The highest BCUT2D eigenvalue weighted by Crippen LogP contribution is 2.12. The Hall–Kier alpha value is -2.42. The summed E-state index contributed by atoms with van der Waals surface area (Å²) >= 11 is 0. The minimum Gasteiger partial charge on any atom is -0.480 e. The summed E-state index contributed by atoms with van der Waals surface area (Å²) in [5.74, 6) is -3.40. The number of carbonyl (C=O) groups is 3. The normalized spacial score (nSPS) is 11.9. The van der Waals surface area contributed by atoms with E-state index in [4.69, 9.17) is 15.9 Å². The molecule has 0 saturated heterocycles. The van der Waals surface area contributed by atoms with E-state index in [-0.39, 0.29) is 0 Å². The maximum atomic E-state index is 12.0. The van der Waals surface area contributed by atoms with Crippen molar-refractivity contribution < 1.29 is 24.6 Å². The number of aliphatic carboxylic acids is 2. The van der Waals surface area contributed by atoms with Crippen LogP contribution in [-0.2, 0) is 21.4 Å². The largest absolute Gasteiger partial charge is 0.480 e. The highest BCUT2D eigenvalue weighted by Gasteiger charge is 2.26. The van der Waals surface area contributed by atoms with Crippen LogP contribution in [0.5, 0.6) is 0 Å². The van der Waals surface area contributed by atoms with Crippen LogP contribution >= 0.6 is 0 Å². The van der Waals surface area contributed by atoms with Gasteiger partial charge in [0, 0.05) is 18.8 Å². The van der Waals surface area contributed by atoms with E-state index in [1.54, 1.807) is 7.05 Å². The van der Waals surface area contributed by atoms with Crippen molar-refractivity contribution in [1.82, 2.24) is 14.7 Å². The fourth-order valence-electron chi connectivity index (χ4n) is 1.48. The Morgan fingerprint density at radius 3 is 2.26 bits per heavy atom. The van der Waals surface area contributed by atoms with Crippen LogP contribution in [0, 0.1) is 0 Å². The molecule has 9 heteroatoms. The average Bonchev–Trinajstić information content (AvgIpc) is 2.71. The Labute approximate surface area is 108 Å². The second-order valence-corrected chi connectivity index (χ2v) is 3.91. The highest BCUT2D eigenvalue weighted by molar-refractivity contribution is 5.88. The van der Waals surface area contributed by atoms with Gasteiger partial charge in [-0.2, -0.15) is 5.10 Å². The number of carboxylic acids is 2. The van der Waals surface area contributed by atoms with Gasteiger partial charge in [-0.1, -0.05) is 0 Å². The third-order valence-corrected chi connectivity index (χ3v) is 2.31. The molecule has 0 aliphatic rings. The van der Waals surface area contributed by atoms with Crippen LogP contribution in [0.2, 0.25) is 0 Å². The molecule has 1 aromatic rings. The summed E-state index contributed by atoms with van der Waals surface area (Å²) in [5, 5.41) is 21.2. The molecule has 1 amide bonds. The second-order valence-electron chi connectivity index (χ2n) is 3.91. The number of nitrogens with zero attached hydrogens (tertiary/aromatic N) is 3. The molecular formula is C10H14N4O5. The van der Waals surface area contributed by atoms with E-state index >= 15 is 0 Å². The van der Waals surface area contributed by atoms with Crippen molar-refractivity contribution in [3.63, 3.8) is 0 Å². The zero-order valence-corrected chi connectivity index (χ0v) is 10.2. The van der Waals surface area contributed by atoms with E-state index in [1.807, 2.05) is 0 Å². The van der Waals surface area contributed by atoms with Gasteiger partial charge in [-0.05, 0) is 0 Å². The SMILES string of the molecule is Cn1cc(C(N)C(=O)N(CC(=O)O)CC(=O)O)cn1. The van der Waals surface area contributed by atoms with E-state index < -0.39 is 37.0 Å². The molecule has 4 N–H and O–H groups in total. The number of aromatic nitrogens is 2. The number of rotatable bonds is 6. The number of hydrogen-bond acceptors (Lipinski definition) is 5. The molecule has 0 spiro atoms. The van der Waals surface area contributed by atoms with Crippen LogP contribution in [0.3, 0.4) is 0 Å². The van der Waals surface area contributed by atoms with Crippen LogP contribution < -0.4 is 5.73 Å². The summed E-state index contributed by atoms with van der Waals surface area (Å²) in [6, 6.07) is -1.15. The van der Waals surface area contributed by atoms with Gasteiger partial charge in [0.25, 0.3) is 0 Å². The molecule has 0 aromatic carbocycles. The minimum atomic E-state index is -1.31. The summed E-state index contributed by atoms with van der Waals surface area (Å²) < 4.78 is 1.43. The second kappa shape index (κ2) is 5.96. The van der Waals surface area contributed by atoms with Crippen molar-refractivity contribution in [3.05, 3.63) is 18.0 Å². The molecule has 1 atom stereocenters. The predicted molar refractivity (Wildman–Crippen MR) is 62.0 cm³/mol. The molecule has 1 rings (SSSR count). The molecule has 9 nitrogen and oxygen atoms in total. The van der Waals surface area contributed by atoms with Crippen molar-refractivity contribution in [1.29, 1.82) is 0 Å². The zero-order valence-electron chi connectivity index (χ0n) is 10.2. The average molecular weight is 270 g/mol. The zero-order chi connectivity index (χ0) is 14.6. The third-order valence-electron chi connectivity index (χ3n) is 2.31. The highest BCUT2D eigenvalue weighted by atomic mass is 16.4. The van der Waals surface area contributed by atoms with E-state index in [2.05, 4.69) is 5.10 Å². The van der Waals surface area contributed by atoms with Crippen LogP contribution in [0.15, 0.2) is 12.4 Å². The Kier molecular flexibility index (Phi) is 4.59. The van der Waals surface area contributed by atoms with Crippen LogP contribution in [0.4, 0.5) is 0 Å². The Morgan fingerprint density at radius 2 is 1.89 bits per heavy atom. The molecule has 0 radical (unpaired) electrons. The number of carbonyl (C=O) groups excluding carboxylic acids is 1. The molecule has 0 fully saturated rings. The maximum absolute atomic E-state index is 12.0. The molecule has 1 heterocycles. The molecule has 19 heavy (non-hydrogen) atoms. The molecule has 1 unspecified atom stereocenters. The topological polar surface area (TPSA) is 139 Å². The van der Waals surface area contributed by atoms with Gasteiger partial charge < -0.3 is 20.8 Å². The van der Waals surface area contributed by atoms with Gasteiger partial charge >= 0.3 is 11.9 Å². The maximum Gasteiger partial charge on any atom is 0.323 e. The van der Waals surface area contributed by atoms with Crippen LogP contribution in [0.1, 0.15) is 11.6 Å². The van der Waals surface area contributed by atoms with Gasteiger partial charge in [-0.3, -0.25) is 19.1 Å². The lowest BCUT2D eigenvalue weighted by Gasteiger charge is -2.21. The standard InChI is InChI=1S/C10H14N4O5/c1-13-3-6(2-12-13)9(11)10(19)14(4-7(15)16)5-8(17)18/h2-3,9H,4-5,11H2,1H3,(H,15,16)(H,17,18). The lowest BCUT2D eigenvalue weighted by atomic mass is 10.1. The molecule has 0 aliphatic carbocycles. The summed E-state index contributed by atoms with van der Waals surface area (Å²) in [6.07, 6.45) is 2.87. The smallest absolute Gasteiger partial charge is 0.323 e. The summed E-state index contributed by atoms with van der Waals surface area (Å²) in [5.41, 5.74) is 6.06. The molecule has 0 aliphatic heterocycles. The molecule has 0 saturated carbocycles. The first kappa shape index (κ1) is 14.6. The minimum absolute atomic E-state index is 0.383. The Bertz CT molecular complexity index is 482. The lowest BCUT2D eigenvalue weighted by Crippen LogP contribution is -2.44. The number of amides is 1. The van der Waals surface area contributed by atoms with Gasteiger partial charge in [-0.25, -0.2) is 0 Å². The lowest BCUT2D eigenvalue weighted by molar-refractivity contribution is -0.149. The van der Waals surface area contributed by atoms with Crippen molar-refractivity contribution in [2.45, 2.75) is 6.04 Å². The van der Waals surface area contributed by atoms with Gasteiger partial charge in [0.1, 0.15) is 19.1 Å². The van der Waals surface area contributed by atoms with E-state index in [0.29, 0.717) is 10.5 Å². The van der Waals surface area contributed by atoms with E-state index in [1.165, 1.54) is 17.1 Å². The first-order chi connectivity index (χ1) is 8.81. The molecule has 104 valence electrons. The van der Waals surface area contributed by atoms with Crippen LogP contribution in [0.25, 0.3) is 0 Å². The first-order valence-electron chi connectivity index (χ1n) is 5.27. The Balaban J connectivity index is 2.85. The number of nitrogens with two attached hydrogens (primary N) is 1. The third kappa shape index (κ3) is 4.07. The summed E-state index contributed by atoms with van der Waals surface area (Å²) in [4.78, 5) is 33.9. The predicted octanol–water partition coefficient (Wildman–Crippen LogP) is -1.58. The number of carboxylic acid groups (broad SMARTS) is 2. The van der Waals surface area contributed by atoms with Crippen molar-refractivity contribution >= 4 is 17.8 Å². The van der Waals surface area contributed by atoms with Gasteiger partial charge in [0.2, 0.25) is 5.91 Å². The van der Waals surface area contributed by atoms with Crippen LogP contribution in [-0.4, -0.2) is 55.8 Å². The van der Waals surface area contributed by atoms with Gasteiger partial charge in [0.05, 0.1) is 6.20 Å². The van der Waals surface area contributed by atoms with E-state index in [0.717, 1.165) is 0 Å². The molecular weight excluding hydrogens is 256 g/mol. The van der Waals surface area contributed by atoms with Crippen molar-refractivity contribution in [2.24, 2.45) is 12.8 Å². The number of hydrogen-bond donors (Lipinski definition) is 3. The van der Waals surface area contributed by atoms with Gasteiger partial charge in [0.15, 0.2) is 0 Å². The Morgan fingerprint density at radius 1 is 1.37 bits per heavy atom. The van der Waals surface area contributed by atoms with Crippen molar-refractivity contribution in [2.75, 3.05) is 13.1 Å². The first-order valence-corrected chi connectivity index (χ1v) is 5.27. The quantitative estimate of drug-likeness (QED) is 0.566. The van der Waals surface area contributed by atoms with E-state index in [9.17, 15) is 14.4 Å². The molecule has 0 bridgehead atoms.